The SMILES string of the molecule is COc1c(C)cc(Cl)cc1C(C)(C)C(=O)NN. The lowest BCUT2D eigenvalue weighted by atomic mass is 9.82. The van der Waals surface area contributed by atoms with Gasteiger partial charge in [0.2, 0.25) is 5.91 Å². The Morgan fingerprint density at radius 2 is 2.06 bits per heavy atom. The molecule has 0 radical (unpaired) electrons. The maximum atomic E-state index is 11.8. The van der Waals surface area contributed by atoms with E-state index >= 15 is 0 Å². The van der Waals surface area contributed by atoms with E-state index in [0.29, 0.717) is 16.3 Å². The molecule has 3 N–H and O–H groups in total. The summed E-state index contributed by atoms with van der Waals surface area (Å²) in [7, 11) is 1.57. The van der Waals surface area contributed by atoms with Crippen LogP contribution in [0.15, 0.2) is 12.1 Å². The van der Waals surface area contributed by atoms with Gasteiger partial charge in [-0.05, 0) is 38.5 Å². The van der Waals surface area contributed by atoms with Crippen molar-refractivity contribution >= 4 is 17.5 Å². The number of rotatable bonds is 3. The molecular weight excluding hydrogens is 240 g/mol. The monoisotopic (exact) mass is 256 g/mol. The molecule has 0 aliphatic rings. The summed E-state index contributed by atoms with van der Waals surface area (Å²) in [5.41, 5.74) is 2.94. The van der Waals surface area contributed by atoms with Crippen LogP contribution in [0.1, 0.15) is 25.0 Å². The van der Waals surface area contributed by atoms with Gasteiger partial charge in [-0.25, -0.2) is 5.84 Å². The topological polar surface area (TPSA) is 64.3 Å². The molecule has 0 saturated carbocycles. The van der Waals surface area contributed by atoms with Gasteiger partial charge >= 0.3 is 0 Å². The fraction of sp³-hybridized carbons (Fsp3) is 0.417. The number of nitrogens with one attached hydrogen (secondary N) is 1. The smallest absolute Gasteiger partial charge is 0.244 e. The number of hydrazine groups is 1. The largest absolute Gasteiger partial charge is 0.496 e. The molecule has 1 amide bonds. The Bertz CT molecular complexity index is 444. The molecular formula is C12H17ClN2O2. The van der Waals surface area contributed by atoms with Crippen molar-refractivity contribution in [3.63, 3.8) is 0 Å². The number of halogens is 1. The second kappa shape index (κ2) is 4.94. The summed E-state index contributed by atoms with van der Waals surface area (Å²) in [6.07, 6.45) is 0. The number of aryl methyl sites for hydroxylation is 1. The Hall–Kier alpha value is -1.26. The van der Waals surface area contributed by atoms with E-state index in [-0.39, 0.29) is 5.91 Å². The van der Waals surface area contributed by atoms with Gasteiger partial charge in [0, 0.05) is 10.6 Å². The molecule has 0 saturated heterocycles. The summed E-state index contributed by atoms with van der Waals surface area (Å²) in [5.74, 6) is 5.55. The molecule has 0 spiro atoms. The first-order valence-electron chi connectivity index (χ1n) is 5.20. The molecule has 5 heteroatoms. The second-order valence-electron chi connectivity index (χ2n) is 4.40. The van der Waals surface area contributed by atoms with E-state index in [1.54, 1.807) is 33.1 Å². The lowest BCUT2D eigenvalue weighted by Gasteiger charge is -2.26. The second-order valence-corrected chi connectivity index (χ2v) is 4.84. The van der Waals surface area contributed by atoms with Crippen molar-refractivity contribution in [1.82, 2.24) is 5.43 Å². The van der Waals surface area contributed by atoms with Crippen LogP contribution in [0.3, 0.4) is 0 Å². The summed E-state index contributed by atoms with van der Waals surface area (Å²) in [6.45, 7) is 5.41. The molecule has 94 valence electrons. The van der Waals surface area contributed by atoms with Crippen LogP contribution in [0.2, 0.25) is 5.02 Å². The summed E-state index contributed by atoms with van der Waals surface area (Å²) < 4.78 is 5.33. The van der Waals surface area contributed by atoms with Gasteiger partial charge in [-0.3, -0.25) is 10.2 Å². The highest BCUT2D eigenvalue weighted by Crippen LogP contribution is 2.36. The molecule has 0 fully saturated rings. The number of ether oxygens (including phenoxy) is 1. The number of hydrogen-bond donors (Lipinski definition) is 2. The highest BCUT2D eigenvalue weighted by atomic mass is 35.5. The summed E-state index contributed by atoms with van der Waals surface area (Å²) >= 11 is 6.01. The zero-order valence-electron chi connectivity index (χ0n) is 10.4. The van der Waals surface area contributed by atoms with E-state index in [1.165, 1.54) is 0 Å². The van der Waals surface area contributed by atoms with E-state index in [2.05, 4.69) is 5.43 Å². The average Bonchev–Trinajstić information content (AvgIpc) is 2.26. The highest BCUT2D eigenvalue weighted by molar-refractivity contribution is 6.30. The van der Waals surface area contributed by atoms with E-state index in [4.69, 9.17) is 22.2 Å². The molecule has 0 bridgehead atoms. The lowest BCUT2D eigenvalue weighted by Crippen LogP contribution is -2.43. The fourth-order valence-corrected chi connectivity index (χ4v) is 2.04. The Morgan fingerprint density at radius 1 is 1.47 bits per heavy atom. The van der Waals surface area contributed by atoms with E-state index < -0.39 is 5.41 Å². The molecule has 0 heterocycles. The molecule has 0 aromatic heterocycles. The van der Waals surface area contributed by atoms with Crippen molar-refractivity contribution in [2.24, 2.45) is 5.84 Å². The van der Waals surface area contributed by atoms with Gasteiger partial charge in [-0.2, -0.15) is 0 Å². The minimum atomic E-state index is -0.810. The molecule has 17 heavy (non-hydrogen) atoms. The Labute approximate surface area is 106 Å². The van der Waals surface area contributed by atoms with Crippen molar-refractivity contribution in [2.45, 2.75) is 26.2 Å². The first kappa shape index (κ1) is 13.8. The lowest BCUT2D eigenvalue weighted by molar-refractivity contribution is -0.125. The third-order valence-electron chi connectivity index (χ3n) is 2.82. The van der Waals surface area contributed by atoms with Crippen molar-refractivity contribution < 1.29 is 9.53 Å². The zero-order chi connectivity index (χ0) is 13.2. The normalized spacial score (nSPS) is 11.2. The van der Waals surface area contributed by atoms with Gasteiger partial charge in [0.15, 0.2) is 0 Å². The Kier molecular flexibility index (Phi) is 4.01. The average molecular weight is 257 g/mol. The predicted octanol–water partition coefficient (Wildman–Crippen LogP) is 1.92. The third kappa shape index (κ3) is 2.53. The van der Waals surface area contributed by atoms with Crippen LogP contribution in [0, 0.1) is 6.92 Å². The number of methoxy groups -OCH3 is 1. The predicted molar refractivity (Wildman–Crippen MR) is 68.1 cm³/mol. The molecule has 0 unspecified atom stereocenters. The number of carbonyl (C=O) groups excluding carboxylic acids is 1. The third-order valence-corrected chi connectivity index (χ3v) is 3.03. The molecule has 0 aliphatic heterocycles. The van der Waals surface area contributed by atoms with E-state index in [0.717, 1.165) is 5.56 Å². The highest BCUT2D eigenvalue weighted by Gasteiger charge is 2.33. The number of hydrogen-bond acceptors (Lipinski definition) is 3. The van der Waals surface area contributed by atoms with Gasteiger partial charge < -0.3 is 4.74 Å². The summed E-state index contributed by atoms with van der Waals surface area (Å²) in [6, 6.07) is 3.52. The maximum absolute atomic E-state index is 11.8. The van der Waals surface area contributed by atoms with Gasteiger partial charge in [-0.15, -0.1) is 0 Å². The van der Waals surface area contributed by atoms with Crippen LogP contribution >= 0.6 is 11.6 Å². The van der Waals surface area contributed by atoms with E-state index in [9.17, 15) is 4.79 Å². The zero-order valence-corrected chi connectivity index (χ0v) is 11.2. The molecule has 1 aromatic rings. The van der Waals surface area contributed by atoms with E-state index in [1.807, 2.05) is 6.92 Å². The first-order valence-corrected chi connectivity index (χ1v) is 5.58. The van der Waals surface area contributed by atoms with Crippen molar-refractivity contribution in [3.05, 3.63) is 28.3 Å². The molecule has 4 nitrogen and oxygen atoms in total. The molecule has 0 atom stereocenters. The number of nitrogens with two attached hydrogens (primary N) is 1. The molecule has 0 aliphatic carbocycles. The van der Waals surface area contributed by atoms with Crippen molar-refractivity contribution in [2.75, 3.05) is 7.11 Å². The van der Waals surface area contributed by atoms with Crippen LogP contribution in [-0.2, 0) is 10.2 Å². The van der Waals surface area contributed by atoms with Crippen LogP contribution in [-0.4, -0.2) is 13.0 Å². The standard InChI is InChI=1S/C12H17ClN2O2/c1-7-5-8(13)6-9(10(7)17-4)12(2,3)11(16)15-14/h5-6H,14H2,1-4H3,(H,15,16). The number of carbonyl (C=O) groups is 1. The van der Waals surface area contributed by atoms with Gasteiger partial charge in [0.25, 0.3) is 0 Å². The summed E-state index contributed by atoms with van der Waals surface area (Å²) in [4.78, 5) is 11.8. The summed E-state index contributed by atoms with van der Waals surface area (Å²) in [5, 5.41) is 0.566. The molecule has 1 rings (SSSR count). The van der Waals surface area contributed by atoms with Gasteiger partial charge in [0.05, 0.1) is 12.5 Å². The van der Waals surface area contributed by atoms with Crippen LogP contribution in [0.25, 0.3) is 0 Å². The number of amides is 1. The quantitative estimate of drug-likeness (QED) is 0.493. The fourth-order valence-electron chi connectivity index (χ4n) is 1.77. The Morgan fingerprint density at radius 3 is 2.53 bits per heavy atom. The van der Waals surface area contributed by atoms with Crippen LogP contribution < -0.4 is 16.0 Å². The van der Waals surface area contributed by atoms with Crippen LogP contribution in [0.4, 0.5) is 0 Å². The first-order chi connectivity index (χ1) is 7.84. The maximum Gasteiger partial charge on any atom is 0.244 e. The molecule has 1 aromatic carbocycles. The Balaban J connectivity index is 3.44. The van der Waals surface area contributed by atoms with Crippen molar-refractivity contribution in [3.8, 4) is 5.75 Å². The van der Waals surface area contributed by atoms with Crippen molar-refractivity contribution in [1.29, 1.82) is 0 Å². The number of benzene rings is 1. The van der Waals surface area contributed by atoms with Gasteiger partial charge in [0.1, 0.15) is 5.75 Å². The minimum Gasteiger partial charge on any atom is -0.496 e. The van der Waals surface area contributed by atoms with Gasteiger partial charge in [-0.1, -0.05) is 11.6 Å². The minimum absolute atomic E-state index is 0.294. The van der Waals surface area contributed by atoms with Crippen LogP contribution in [0.5, 0.6) is 5.75 Å².